The maximum absolute atomic E-state index is 13.4. The summed E-state index contributed by atoms with van der Waals surface area (Å²) in [6, 6.07) is 0. The molecular weight excluding hydrogens is 347 g/mol. The molecule has 4 nitrogen and oxygen atoms in total. The number of aliphatic hydroxyl groups excluding tert-OH is 1. The Morgan fingerprint density at radius 1 is 1.26 bits per heavy atom. The third kappa shape index (κ3) is 8.14. The molecule has 1 fully saturated rings. The van der Waals surface area contributed by atoms with Gasteiger partial charge in [0.1, 0.15) is 6.10 Å². The van der Waals surface area contributed by atoms with Crippen LogP contribution in [0, 0.1) is 17.3 Å². The molecule has 2 unspecified atom stereocenters. The van der Waals surface area contributed by atoms with E-state index in [4.69, 9.17) is 10.2 Å². The molecule has 3 N–H and O–H groups in total. The highest BCUT2D eigenvalue weighted by atomic mass is 19.2. The Balaban J connectivity index is 2.44. The summed E-state index contributed by atoms with van der Waals surface area (Å²) in [6.07, 6.45) is 15.1. The fraction of sp³-hybridized carbons (Fsp3) is 0.773. The molecule has 0 aliphatic heterocycles. The Bertz CT molecular complexity index is 510. The number of carboxylic acid groups (broad SMARTS) is 1. The van der Waals surface area contributed by atoms with Crippen molar-refractivity contribution in [3.05, 3.63) is 24.3 Å². The molecule has 0 heterocycles. The zero-order chi connectivity index (χ0) is 20.5. The molecule has 0 amide bonds. The summed E-state index contributed by atoms with van der Waals surface area (Å²) in [5, 5.41) is 27.1. The number of rotatable bonds is 12. The van der Waals surface area contributed by atoms with Crippen LogP contribution >= 0.6 is 0 Å². The highest BCUT2D eigenvalue weighted by Gasteiger charge is 2.43. The molecule has 0 aromatic carbocycles. The first-order valence-corrected chi connectivity index (χ1v) is 10.2. The number of halogens is 1. The van der Waals surface area contributed by atoms with Crippen LogP contribution < -0.4 is 0 Å². The predicted octanol–water partition coefficient (Wildman–Crippen LogP) is 5.01. The molecule has 0 aromatic rings. The second-order valence-electron chi connectivity index (χ2n) is 8.69. The number of aliphatic carboxylic acids is 1. The van der Waals surface area contributed by atoms with Crippen molar-refractivity contribution in [3.63, 3.8) is 0 Å². The van der Waals surface area contributed by atoms with Gasteiger partial charge in [-0.05, 0) is 55.8 Å². The highest BCUT2D eigenvalue weighted by molar-refractivity contribution is 5.75. The molecule has 1 aliphatic rings. The topological polar surface area (TPSA) is 77.8 Å². The zero-order valence-electron chi connectivity index (χ0n) is 17.0. The SMILES string of the molecule is CCCCC(C)(C)CC=C[C@H]1CCC[C@@H]1CC=CCC(O)C(O)(F)C(=O)O. The molecule has 0 spiro atoms. The van der Waals surface area contributed by atoms with Crippen molar-refractivity contribution < 1.29 is 24.5 Å². The molecule has 0 bridgehead atoms. The second kappa shape index (κ2) is 11.0. The number of carbonyl (C=O) groups is 1. The zero-order valence-corrected chi connectivity index (χ0v) is 17.0. The number of alkyl halides is 1. The van der Waals surface area contributed by atoms with Gasteiger partial charge in [-0.1, -0.05) is 64.3 Å². The summed E-state index contributed by atoms with van der Waals surface area (Å²) >= 11 is 0. The molecule has 0 saturated heterocycles. The van der Waals surface area contributed by atoms with E-state index in [-0.39, 0.29) is 6.42 Å². The van der Waals surface area contributed by atoms with Gasteiger partial charge < -0.3 is 15.3 Å². The van der Waals surface area contributed by atoms with E-state index < -0.39 is 17.9 Å². The molecule has 1 aliphatic carbocycles. The van der Waals surface area contributed by atoms with E-state index in [1.807, 2.05) is 6.08 Å². The van der Waals surface area contributed by atoms with Crippen LogP contribution in [0.1, 0.15) is 78.6 Å². The van der Waals surface area contributed by atoms with Gasteiger partial charge in [-0.3, -0.25) is 0 Å². The first-order valence-electron chi connectivity index (χ1n) is 10.2. The highest BCUT2D eigenvalue weighted by Crippen LogP contribution is 2.36. The fourth-order valence-corrected chi connectivity index (χ4v) is 3.73. The lowest BCUT2D eigenvalue weighted by Gasteiger charge is -2.23. The molecular formula is C22H37FO4. The van der Waals surface area contributed by atoms with Gasteiger partial charge in [0.15, 0.2) is 0 Å². The summed E-state index contributed by atoms with van der Waals surface area (Å²) in [7, 11) is 0. The van der Waals surface area contributed by atoms with Gasteiger partial charge in [0.05, 0.1) is 0 Å². The van der Waals surface area contributed by atoms with Crippen LogP contribution in [0.3, 0.4) is 0 Å². The van der Waals surface area contributed by atoms with Gasteiger partial charge in [-0.2, -0.15) is 4.39 Å². The molecule has 5 heteroatoms. The Kier molecular flexibility index (Phi) is 9.68. The molecule has 1 rings (SSSR count). The predicted molar refractivity (Wildman–Crippen MR) is 106 cm³/mol. The van der Waals surface area contributed by atoms with Crippen LogP contribution in [0.15, 0.2) is 24.3 Å². The average molecular weight is 385 g/mol. The van der Waals surface area contributed by atoms with E-state index in [9.17, 15) is 14.3 Å². The van der Waals surface area contributed by atoms with Crippen molar-refractivity contribution in [3.8, 4) is 0 Å². The second-order valence-corrected chi connectivity index (χ2v) is 8.69. The molecule has 27 heavy (non-hydrogen) atoms. The number of carboxylic acids is 1. The van der Waals surface area contributed by atoms with E-state index in [2.05, 4.69) is 32.9 Å². The third-order valence-electron chi connectivity index (χ3n) is 5.69. The van der Waals surface area contributed by atoms with Gasteiger partial charge >= 0.3 is 11.8 Å². The lowest BCUT2D eigenvalue weighted by atomic mass is 9.83. The number of allylic oxidation sites excluding steroid dienone is 3. The van der Waals surface area contributed by atoms with E-state index in [1.165, 1.54) is 32.1 Å². The van der Waals surface area contributed by atoms with Crippen LogP contribution in [0.5, 0.6) is 0 Å². The summed E-state index contributed by atoms with van der Waals surface area (Å²) in [5.74, 6) is -4.60. The number of unbranched alkanes of at least 4 members (excludes halogenated alkanes) is 1. The van der Waals surface area contributed by atoms with Crippen molar-refractivity contribution in [1.82, 2.24) is 0 Å². The minimum Gasteiger partial charge on any atom is -0.477 e. The minimum absolute atomic E-state index is 0.224. The standard InChI is InChI=1S/C22H37FO4/c1-4-5-15-21(2,3)16-9-13-18-12-8-11-17(18)10-6-7-14-19(24)22(23,27)20(25)26/h6-7,9,13,17-19,24,27H,4-5,8,10-12,14-16H2,1-3H3,(H,25,26)/t17-,18+,19?,22?/m0/s1. The normalized spacial score (nSPS) is 24.5. The monoisotopic (exact) mass is 384 g/mol. The van der Waals surface area contributed by atoms with E-state index in [1.54, 1.807) is 6.08 Å². The minimum atomic E-state index is -3.60. The van der Waals surface area contributed by atoms with Gasteiger partial charge in [-0.15, -0.1) is 0 Å². The maximum atomic E-state index is 13.4. The summed E-state index contributed by atoms with van der Waals surface area (Å²) < 4.78 is 13.4. The lowest BCUT2D eigenvalue weighted by molar-refractivity contribution is -0.204. The molecule has 1 saturated carbocycles. The molecule has 0 radical (unpaired) electrons. The fourth-order valence-electron chi connectivity index (χ4n) is 3.73. The summed E-state index contributed by atoms with van der Waals surface area (Å²) in [4.78, 5) is 10.6. The van der Waals surface area contributed by atoms with Crippen molar-refractivity contribution in [2.24, 2.45) is 17.3 Å². The first-order chi connectivity index (χ1) is 12.6. The summed E-state index contributed by atoms with van der Waals surface area (Å²) in [5.41, 5.74) is 0.337. The smallest absolute Gasteiger partial charge is 0.372 e. The lowest BCUT2D eigenvalue weighted by Crippen LogP contribution is -2.45. The number of hydrogen-bond donors (Lipinski definition) is 3. The van der Waals surface area contributed by atoms with Crippen molar-refractivity contribution in [2.45, 2.75) is 90.5 Å². The maximum Gasteiger partial charge on any atom is 0.372 e. The average Bonchev–Trinajstić information content (AvgIpc) is 3.03. The van der Waals surface area contributed by atoms with Crippen LogP contribution in [0.2, 0.25) is 0 Å². The quantitative estimate of drug-likeness (QED) is 0.414. The van der Waals surface area contributed by atoms with Gasteiger partial charge in [0.25, 0.3) is 0 Å². The third-order valence-corrected chi connectivity index (χ3v) is 5.69. The van der Waals surface area contributed by atoms with Gasteiger partial charge in [-0.25, -0.2) is 4.79 Å². The number of hydrogen-bond acceptors (Lipinski definition) is 3. The van der Waals surface area contributed by atoms with E-state index >= 15 is 0 Å². The first kappa shape index (κ1) is 23.8. The Morgan fingerprint density at radius 2 is 1.96 bits per heavy atom. The Labute approximate surface area is 163 Å². The Morgan fingerprint density at radius 3 is 2.59 bits per heavy atom. The van der Waals surface area contributed by atoms with Crippen molar-refractivity contribution >= 4 is 5.97 Å². The van der Waals surface area contributed by atoms with Crippen LogP contribution in [-0.2, 0) is 4.79 Å². The van der Waals surface area contributed by atoms with Crippen LogP contribution in [-0.4, -0.2) is 33.2 Å². The molecule has 156 valence electrons. The van der Waals surface area contributed by atoms with Crippen LogP contribution in [0.25, 0.3) is 0 Å². The van der Waals surface area contributed by atoms with E-state index in [0.717, 1.165) is 19.3 Å². The Hall–Kier alpha value is -1.20. The summed E-state index contributed by atoms with van der Waals surface area (Å²) in [6.45, 7) is 6.85. The van der Waals surface area contributed by atoms with Gasteiger partial charge in [0.2, 0.25) is 0 Å². The number of aliphatic hydroxyl groups is 2. The molecule has 4 atom stereocenters. The van der Waals surface area contributed by atoms with E-state index in [0.29, 0.717) is 17.3 Å². The van der Waals surface area contributed by atoms with Crippen molar-refractivity contribution in [1.29, 1.82) is 0 Å². The van der Waals surface area contributed by atoms with Gasteiger partial charge in [0, 0.05) is 0 Å². The largest absolute Gasteiger partial charge is 0.477 e. The molecule has 0 aromatic heterocycles. The van der Waals surface area contributed by atoms with Crippen LogP contribution in [0.4, 0.5) is 4.39 Å². The van der Waals surface area contributed by atoms with Crippen molar-refractivity contribution in [2.75, 3.05) is 0 Å².